The number of esters is 1. The van der Waals surface area contributed by atoms with Gasteiger partial charge in [0.05, 0.1) is 44.1 Å². The first-order chi connectivity index (χ1) is 15.0. The van der Waals surface area contributed by atoms with Crippen molar-refractivity contribution in [2.24, 2.45) is 0 Å². The van der Waals surface area contributed by atoms with Crippen molar-refractivity contribution in [3.8, 4) is 11.5 Å². The SMILES string of the molecule is COC(=O)c1ccc2c(=O)n(CC(=O)NCCc3ccc(OC)c(OC)c3)cnc2c1. The highest BCUT2D eigenvalue weighted by Gasteiger charge is 2.12. The lowest BCUT2D eigenvalue weighted by Gasteiger charge is -2.11. The van der Waals surface area contributed by atoms with Gasteiger partial charge in [0.25, 0.3) is 5.56 Å². The largest absolute Gasteiger partial charge is 0.493 e. The number of benzene rings is 2. The van der Waals surface area contributed by atoms with Gasteiger partial charge in [0, 0.05) is 6.54 Å². The molecular weight excluding hydrogens is 402 g/mol. The number of ether oxygens (including phenoxy) is 3. The summed E-state index contributed by atoms with van der Waals surface area (Å²) in [5, 5.41) is 3.11. The minimum absolute atomic E-state index is 0.160. The lowest BCUT2D eigenvalue weighted by Crippen LogP contribution is -2.33. The van der Waals surface area contributed by atoms with Gasteiger partial charge >= 0.3 is 5.97 Å². The molecule has 0 aliphatic carbocycles. The molecule has 3 aromatic rings. The van der Waals surface area contributed by atoms with Gasteiger partial charge < -0.3 is 19.5 Å². The average Bonchev–Trinajstić information content (AvgIpc) is 2.80. The highest BCUT2D eigenvalue weighted by atomic mass is 16.5. The molecule has 0 fully saturated rings. The molecule has 0 saturated heterocycles. The second-order valence-corrected chi connectivity index (χ2v) is 6.69. The highest BCUT2D eigenvalue weighted by molar-refractivity contribution is 5.94. The Balaban J connectivity index is 1.63. The van der Waals surface area contributed by atoms with E-state index in [0.29, 0.717) is 40.9 Å². The summed E-state index contributed by atoms with van der Waals surface area (Å²) in [5.41, 5.74) is 1.27. The van der Waals surface area contributed by atoms with Gasteiger partial charge in [-0.05, 0) is 42.3 Å². The Morgan fingerprint density at radius 3 is 2.52 bits per heavy atom. The van der Waals surface area contributed by atoms with Gasteiger partial charge in [-0.15, -0.1) is 0 Å². The number of amides is 1. The fraction of sp³-hybridized carbons (Fsp3) is 0.273. The summed E-state index contributed by atoms with van der Waals surface area (Å²) < 4.78 is 16.4. The Bertz CT molecular complexity index is 1170. The first kappa shape index (κ1) is 21.8. The van der Waals surface area contributed by atoms with E-state index in [2.05, 4.69) is 15.0 Å². The summed E-state index contributed by atoms with van der Waals surface area (Å²) in [6.45, 7) is 0.235. The van der Waals surface area contributed by atoms with Gasteiger partial charge in [0.2, 0.25) is 5.91 Å². The van der Waals surface area contributed by atoms with Crippen molar-refractivity contribution in [3.05, 3.63) is 64.2 Å². The summed E-state index contributed by atoms with van der Waals surface area (Å²) in [5.74, 6) is 0.435. The normalized spacial score (nSPS) is 10.5. The van der Waals surface area contributed by atoms with Gasteiger partial charge in [-0.3, -0.25) is 14.2 Å². The summed E-state index contributed by atoms with van der Waals surface area (Å²) in [6.07, 6.45) is 1.88. The van der Waals surface area contributed by atoms with Gasteiger partial charge in [-0.25, -0.2) is 9.78 Å². The molecule has 0 unspecified atom stereocenters. The molecule has 3 rings (SSSR count). The van der Waals surface area contributed by atoms with Crippen LogP contribution in [0.3, 0.4) is 0 Å². The Morgan fingerprint density at radius 1 is 1.03 bits per heavy atom. The van der Waals surface area contributed by atoms with E-state index >= 15 is 0 Å². The molecule has 1 N–H and O–H groups in total. The van der Waals surface area contributed by atoms with Crippen LogP contribution in [0.4, 0.5) is 0 Å². The number of hydrogen-bond acceptors (Lipinski definition) is 7. The fourth-order valence-corrected chi connectivity index (χ4v) is 3.11. The van der Waals surface area contributed by atoms with Gasteiger partial charge in [0.15, 0.2) is 11.5 Å². The van der Waals surface area contributed by atoms with E-state index in [1.807, 2.05) is 18.2 Å². The predicted octanol–water partition coefficient (Wildman–Crippen LogP) is 1.56. The van der Waals surface area contributed by atoms with Crippen molar-refractivity contribution in [2.45, 2.75) is 13.0 Å². The summed E-state index contributed by atoms with van der Waals surface area (Å²) in [6, 6.07) is 10.0. The minimum Gasteiger partial charge on any atom is -0.493 e. The smallest absolute Gasteiger partial charge is 0.337 e. The van der Waals surface area contributed by atoms with Crippen molar-refractivity contribution >= 4 is 22.8 Å². The number of fused-ring (bicyclic) bond motifs is 1. The quantitative estimate of drug-likeness (QED) is 0.546. The lowest BCUT2D eigenvalue weighted by atomic mass is 10.1. The molecule has 0 aliphatic heterocycles. The van der Waals surface area contributed by atoms with E-state index in [-0.39, 0.29) is 18.0 Å². The van der Waals surface area contributed by atoms with Crippen LogP contribution in [0.1, 0.15) is 15.9 Å². The van der Waals surface area contributed by atoms with E-state index < -0.39 is 5.97 Å². The molecule has 1 amide bonds. The maximum absolute atomic E-state index is 12.6. The Kier molecular flexibility index (Phi) is 6.86. The standard InChI is InChI=1S/C22H23N3O6/c1-29-18-7-4-14(10-19(18)30-2)8-9-23-20(26)12-25-13-24-17-11-15(22(28)31-3)5-6-16(17)21(25)27/h4-7,10-11,13H,8-9,12H2,1-3H3,(H,23,26). The van der Waals surface area contributed by atoms with Crippen molar-refractivity contribution in [1.82, 2.24) is 14.9 Å². The van der Waals surface area contributed by atoms with E-state index in [9.17, 15) is 14.4 Å². The van der Waals surface area contributed by atoms with Crippen LogP contribution in [0.5, 0.6) is 11.5 Å². The van der Waals surface area contributed by atoms with Crippen LogP contribution in [0.2, 0.25) is 0 Å². The second kappa shape index (κ2) is 9.75. The number of aromatic nitrogens is 2. The molecular formula is C22H23N3O6. The van der Waals surface area contributed by atoms with Gasteiger partial charge in [-0.1, -0.05) is 6.07 Å². The zero-order chi connectivity index (χ0) is 22.4. The third-order valence-corrected chi connectivity index (χ3v) is 4.74. The van der Waals surface area contributed by atoms with E-state index in [0.717, 1.165) is 5.56 Å². The second-order valence-electron chi connectivity index (χ2n) is 6.69. The van der Waals surface area contributed by atoms with Crippen molar-refractivity contribution < 1.29 is 23.8 Å². The van der Waals surface area contributed by atoms with Crippen LogP contribution in [0, 0.1) is 0 Å². The molecule has 31 heavy (non-hydrogen) atoms. The molecule has 2 aromatic carbocycles. The monoisotopic (exact) mass is 425 g/mol. The zero-order valence-corrected chi connectivity index (χ0v) is 17.5. The molecule has 0 aliphatic rings. The number of nitrogens with zero attached hydrogens (tertiary/aromatic N) is 2. The molecule has 1 heterocycles. The third kappa shape index (κ3) is 5.00. The maximum Gasteiger partial charge on any atom is 0.337 e. The highest BCUT2D eigenvalue weighted by Crippen LogP contribution is 2.27. The van der Waals surface area contributed by atoms with E-state index in [4.69, 9.17) is 9.47 Å². The van der Waals surface area contributed by atoms with Gasteiger partial charge in [-0.2, -0.15) is 0 Å². The van der Waals surface area contributed by atoms with E-state index in [1.54, 1.807) is 14.2 Å². The first-order valence-electron chi connectivity index (χ1n) is 9.52. The van der Waals surface area contributed by atoms with E-state index in [1.165, 1.54) is 36.2 Å². The third-order valence-electron chi connectivity index (χ3n) is 4.74. The van der Waals surface area contributed by atoms with Crippen LogP contribution >= 0.6 is 0 Å². The molecule has 162 valence electrons. The Morgan fingerprint density at radius 2 is 1.81 bits per heavy atom. The number of rotatable bonds is 8. The summed E-state index contributed by atoms with van der Waals surface area (Å²) >= 11 is 0. The number of hydrogen-bond donors (Lipinski definition) is 1. The molecule has 0 spiro atoms. The summed E-state index contributed by atoms with van der Waals surface area (Å²) in [7, 11) is 4.41. The number of carbonyl (C=O) groups excluding carboxylic acids is 2. The molecule has 9 nitrogen and oxygen atoms in total. The molecule has 0 radical (unpaired) electrons. The summed E-state index contributed by atoms with van der Waals surface area (Å²) in [4.78, 5) is 40.7. The van der Waals surface area contributed by atoms with Crippen molar-refractivity contribution in [3.63, 3.8) is 0 Å². The fourth-order valence-electron chi connectivity index (χ4n) is 3.11. The molecule has 0 atom stereocenters. The van der Waals surface area contributed by atoms with Crippen molar-refractivity contribution in [2.75, 3.05) is 27.9 Å². The maximum atomic E-state index is 12.6. The van der Waals surface area contributed by atoms with Crippen molar-refractivity contribution in [1.29, 1.82) is 0 Å². The number of carbonyl (C=O) groups is 2. The number of nitrogens with one attached hydrogen (secondary N) is 1. The topological polar surface area (TPSA) is 109 Å². The number of methoxy groups -OCH3 is 3. The average molecular weight is 425 g/mol. The molecule has 9 heteroatoms. The minimum atomic E-state index is -0.512. The van der Waals surface area contributed by atoms with Gasteiger partial charge in [0.1, 0.15) is 6.54 Å². The molecule has 1 aromatic heterocycles. The molecule has 0 bridgehead atoms. The van der Waals surface area contributed by atoms with Crippen LogP contribution in [-0.2, 0) is 22.5 Å². The van der Waals surface area contributed by atoms with Crippen LogP contribution < -0.4 is 20.3 Å². The first-order valence-corrected chi connectivity index (χ1v) is 9.52. The predicted molar refractivity (Wildman–Crippen MR) is 114 cm³/mol. The zero-order valence-electron chi connectivity index (χ0n) is 17.5. The van der Waals surface area contributed by atoms with Crippen LogP contribution in [0.25, 0.3) is 10.9 Å². The lowest BCUT2D eigenvalue weighted by molar-refractivity contribution is -0.121. The van der Waals surface area contributed by atoms with Crippen LogP contribution in [-0.4, -0.2) is 49.3 Å². The molecule has 0 saturated carbocycles. The van der Waals surface area contributed by atoms with Crippen LogP contribution in [0.15, 0.2) is 47.5 Å². The Labute approximate surface area is 178 Å². The Hall–Kier alpha value is -3.88.